The highest BCUT2D eigenvalue weighted by Gasteiger charge is 2.31. The summed E-state index contributed by atoms with van der Waals surface area (Å²) in [6.07, 6.45) is -2.60. The molecule has 0 saturated carbocycles. The van der Waals surface area contributed by atoms with Crippen molar-refractivity contribution in [2.45, 2.75) is 32.4 Å². The molecule has 33 heavy (non-hydrogen) atoms. The fraction of sp³-hybridized carbons (Fsp3) is 0.292. The van der Waals surface area contributed by atoms with E-state index >= 15 is 0 Å². The predicted octanol–water partition coefficient (Wildman–Crippen LogP) is 4.59. The Bertz CT molecular complexity index is 1190. The number of hydrogen-bond donors (Lipinski definition) is 2. The van der Waals surface area contributed by atoms with Crippen molar-refractivity contribution in [1.29, 1.82) is 0 Å². The van der Waals surface area contributed by atoms with Crippen LogP contribution in [0.25, 0.3) is 16.9 Å². The molecule has 172 valence electrons. The zero-order chi connectivity index (χ0) is 23.6. The van der Waals surface area contributed by atoms with E-state index < -0.39 is 17.7 Å². The molecule has 2 heterocycles. The molecule has 9 heteroatoms. The number of amides is 2. The number of carbonyl (C=O) groups is 2. The summed E-state index contributed by atoms with van der Waals surface area (Å²) in [6.45, 7) is 2.31. The van der Waals surface area contributed by atoms with Gasteiger partial charge in [-0.3, -0.25) is 9.59 Å². The fourth-order valence-corrected chi connectivity index (χ4v) is 3.85. The molecule has 0 spiro atoms. The van der Waals surface area contributed by atoms with Gasteiger partial charge in [-0.1, -0.05) is 37.6 Å². The minimum absolute atomic E-state index is 0.0894. The first-order valence-corrected chi connectivity index (χ1v) is 10.7. The molecule has 1 aliphatic rings. The molecule has 4 rings (SSSR count). The van der Waals surface area contributed by atoms with Gasteiger partial charge >= 0.3 is 6.18 Å². The van der Waals surface area contributed by atoms with Crippen LogP contribution >= 0.6 is 0 Å². The average Bonchev–Trinajstić information content (AvgIpc) is 3.40. The lowest BCUT2D eigenvalue weighted by Gasteiger charge is -2.12. The summed E-state index contributed by atoms with van der Waals surface area (Å²) >= 11 is 0. The Balaban J connectivity index is 1.75. The van der Waals surface area contributed by atoms with Gasteiger partial charge in [-0.15, -0.1) is 5.10 Å². The van der Waals surface area contributed by atoms with Crippen LogP contribution in [0.1, 0.15) is 30.9 Å². The molecule has 6 nitrogen and oxygen atoms in total. The predicted molar refractivity (Wildman–Crippen MR) is 118 cm³/mol. The number of carbonyl (C=O) groups excluding carboxylic acids is 2. The number of alkyl halides is 3. The van der Waals surface area contributed by atoms with E-state index in [9.17, 15) is 22.8 Å². The number of benzene rings is 2. The van der Waals surface area contributed by atoms with Gasteiger partial charge in [-0.2, -0.15) is 13.2 Å². The van der Waals surface area contributed by atoms with Gasteiger partial charge < -0.3 is 10.6 Å². The minimum Gasteiger partial charge on any atom is -0.355 e. The average molecular weight is 456 g/mol. The molecular formula is C24H23F3N4O2. The lowest BCUT2D eigenvalue weighted by atomic mass is 10.0. The van der Waals surface area contributed by atoms with Gasteiger partial charge in [0.2, 0.25) is 11.8 Å². The van der Waals surface area contributed by atoms with Gasteiger partial charge in [0.1, 0.15) is 0 Å². The van der Waals surface area contributed by atoms with Crippen LogP contribution in [0.4, 0.5) is 19.0 Å². The Hall–Kier alpha value is -3.62. The molecule has 0 bridgehead atoms. The number of halogens is 3. The van der Waals surface area contributed by atoms with Crippen LogP contribution in [0.15, 0.2) is 54.6 Å². The third kappa shape index (κ3) is 5.08. The van der Waals surface area contributed by atoms with Gasteiger partial charge in [0.05, 0.1) is 22.9 Å². The first-order valence-electron chi connectivity index (χ1n) is 10.7. The lowest BCUT2D eigenvalue weighted by molar-refractivity contribution is -0.137. The summed E-state index contributed by atoms with van der Waals surface area (Å²) in [5.41, 5.74) is 1.83. The van der Waals surface area contributed by atoms with E-state index in [0.717, 1.165) is 36.1 Å². The fourth-order valence-electron chi connectivity index (χ4n) is 3.85. The van der Waals surface area contributed by atoms with Gasteiger partial charge in [0.15, 0.2) is 5.82 Å². The molecule has 3 aromatic rings. The van der Waals surface area contributed by atoms with Crippen LogP contribution in [0, 0.1) is 5.92 Å². The number of aromatic nitrogens is 2. The normalized spacial score (nSPS) is 16.0. The Morgan fingerprint density at radius 2 is 1.97 bits per heavy atom. The van der Waals surface area contributed by atoms with E-state index in [-0.39, 0.29) is 36.3 Å². The van der Waals surface area contributed by atoms with Crippen molar-refractivity contribution in [2.24, 2.45) is 5.92 Å². The quantitative estimate of drug-likeness (QED) is 0.570. The SMILES string of the molecule is CCCc1cccc(-c2cc(NC(=O)[C@@H]3CNC(=O)C3)nn2-c2cccc(C(F)(F)F)c2)c1. The third-order valence-electron chi connectivity index (χ3n) is 5.49. The Kier molecular flexibility index (Phi) is 6.22. The standard InChI is InChI=1S/C24H23F3N4O2/c1-2-5-15-6-3-7-16(10-15)20-13-21(29-23(33)17-11-22(32)28-14-17)30-31(20)19-9-4-8-18(12-19)24(25,26)27/h3-4,6-10,12-13,17H,2,5,11,14H2,1H3,(H,28,32)(H,29,30,33)/t17-/m0/s1. The number of aryl methyl sites for hydroxylation is 1. The second-order valence-corrected chi connectivity index (χ2v) is 8.02. The van der Waals surface area contributed by atoms with Crippen LogP contribution in [-0.2, 0) is 22.2 Å². The van der Waals surface area contributed by atoms with Crippen molar-refractivity contribution >= 4 is 17.6 Å². The highest BCUT2D eigenvalue weighted by Crippen LogP contribution is 2.32. The molecule has 1 aliphatic heterocycles. The smallest absolute Gasteiger partial charge is 0.355 e. The minimum atomic E-state index is -4.50. The van der Waals surface area contributed by atoms with Crippen molar-refractivity contribution in [3.8, 4) is 16.9 Å². The molecule has 0 unspecified atom stereocenters. The number of nitrogens with one attached hydrogen (secondary N) is 2. The van der Waals surface area contributed by atoms with Gasteiger partial charge in [-0.05, 0) is 36.2 Å². The molecule has 1 aromatic heterocycles. The Labute approximate surface area is 188 Å². The van der Waals surface area contributed by atoms with Crippen LogP contribution in [0.3, 0.4) is 0 Å². The van der Waals surface area contributed by atoms with E-state index in [4.69, 9.17) is 0 Å². The molecule has 1 saturated heterocycles. The Morgan fingerprint density at radius 3 is 2.67 bits per heavy atom. The number of anilines is 1. The number of hydrogen-bond acceptors (Lipinski definition) is 3. The second-order valence-electron chi connectivity index (χ2n) is 8.02. The summed E-state index contributed by atoms with van der Waals surface area (Å²) in [5, 5.41) is 9.71. The van der Waals surface area contributed by atoms with Crippen LogP contribution in [0.2, 0.25) is 0 Å². The van der Waals surface area contributed by atoms with Gasteiger partial charge in [-0.25, -0.2) is 4.68 Å². The summed E-state index contributed by atoms with van der Waals surface area (Å²) in [7, 11) is 0. The summed E-state index contributed by atoms with van der Waals surface area (Å²) in [4.78, 5) is 24.0. The zero-order valence-corrected chi connectivity index (χ0v) is 17.9. The highest BCUT2D eigenvalue weighted by molar-refractivity contribution is 5.97. The maximum Gasteiger partial charge on any atom is 0.416 e. The summed E-state index contributed by atoms with van der Waals surface area (Å²) in [5.74, 6) is -0.883. The van der Waals surface area contributed by atoms with E-state index in [0.29, 0.717) is 5.69 Å². The van der Waals surface area contributed by atoms with Gasteiger partial charge in [0, 0.05) is 24.6 Å². The van der Waals surface area contributed by atoms with Crippen molar-refractivity contribution in [2.75, 3.05) is 11.9 Å². The molecule has 1 fully saturated rings. The highest BCUT2D eigenvalue weighted by atomic mass is 19.4. The van der Waals surface area contributed by atoms with E-state index in [2.05, 4.69) is 22.7 Å². The number of rotatable bonds is 6. The monoisotopic (exact) mass is 456 g/mol. The summed E-state index contributed by atoms with van der Waals surface area (Å²) in [6, 6.07) is 14.2. The first kappa shape index (κ1) is 22.6. The summed E-state index contributed by atoms with van der Waals surface area (Å²) < 4.78 is 41.3. The molecule has 2 aromatic carbocycles. The number of nitrogens with zero attached hydrogens (tertiary/aromatic N) is 2. The van der Waals surface area contributed by atoms with Crippen molar-refractivity contribution in [3.63, 3.8) is 0 Å². The third-order valence-corrected chi connectivity index (χ3v) is 5.49. The van der Waals surface area contributed by atoms with E-state index in [1.165, 1.54) is 16.8 Å². The topological polar surface area (TPSA) is 76.0 Å². The first-order chi connectivity index (χ1) is 15.7. The van der Waals surface area contributed by atoms with Crippen LogP contribution in [0.5, 0.6) is 0 Å². The van der Waals surface area contributed by atoms with E-state index in [1.807, 2.05) is 24.3 Å². The van der Waals surface area contributed by atoms with Crippen molar-refractivity contribution in [3.05, 3.63) is 65.7 Å². The van der Waals surface area contributed by atoms with Crippen molar-refractivity contribution in [1.82, 2.24) is 15.1 Å². The Morgan fingerprint density at radius 1 is 1.18 bits per heavy atom. The van der Waals surface area contributed by atoms with Crippen LogP contribution < -0.4 is 10.6 Å². The molecule has 2 amide bonds. The second kappa shape index (κ2) is 9.09. The van der Waals surface area contributed by atoms with E-state index in [1.54, 1.807) is 6.07 Å². The molecule has 0 radical (unpaired) electrons. The molecule has 2 N–H and O–H groups in total. The van der Waals surface area contributed by atoms with Gasteiger partial charge in [0.25, 0.3) is 0 Å². The maximum atomic E-state index is 13.3. The molecule has 0 aliphatic carbocycles. The molecule has 1 atom stereocenters. The van der Waals surface area contributed by atoms with Crippen LogP contribution in [-0.4, -0.2) is 28.1 Å². The van der Waals surface area contributed by atoms with Crippen molar-refractivity contribution < 1.29 is 22.8 Å². The molecular weight excluding hydrogens is 433 g/mol. The maximum absolute atomic E-state index is 13.3. The lowest BCUT2D eigenvalue weighted by Crippen LogP contribution is -2.24. The largest absolute Gasteiger partial charge is 0.416 e. The zero-order valence-electron chi connectivity index (χ0n) is 17.9.